The van der Waals surface area contributed by atoms with Crippen LogP contribution in [0.25, 0.3) is 0 Å². The van der Waals surface area contributed by atoms with Crippen LogP contribution in [0.3, 0.4) is 0 Å². The van der Waals surface area contributed by atoms with E-state index in [9.17, 15) is 14.4 Å². The van der Waals surface area contributed by atoms with Gasteiger partial charge in [-0.05, 0) is 54.4 Å². The molecular formula is C29H28ClN3O7. The maximum Gasteiger partial charge on any atom is 0.283 e. The van der Waals surface area contributed by atoms with Crippen LogP contribution in [0, 0.1) is 0 Å². The monoisotopic (exact) mass is 565 g/mol. The van der Waals surface area contributed by atoms with Gasteiger partial charge >= 0.3 is 0 Å². The summed E-state index contributed by atoms with van der Waals surface area (Å²) < 4.78 is 21.1. The van der Waals surface area contributed by atoms with Gasteiger partial charge in [0.15, 0.2) is 11.5 Å². The van der Waals surface area contributed by atoms with E-state index in [4.69, 9.17) is 30.5 Å². The third kappa shape index (κ3) is 5.81. The fraction of sp³-hybridized carbons (Fsp3) is 0.207. The fourth-order valence-electron chi connectivity index (χ4n) is 4.14. The van der Waals surface area contributed by atoms with Crippen molar-refractivity contribution in [2.45, 2.75) is 6.42 Å². The highest BCUT2D eigenvalue weighted by Gasteiger charge is 2.40. The van der Waals surface area contributed by atoms with E-state index in [2.05, 4.69) is 10.6 Å². The molecule has 40 heavy (non-hydrogen) atoms. The standard InChI is InChI=1S/C29H28ClN3O7/c1-37-20-9-11-22(38-2)21(16-20)33-28(35)25(30)26(29(33)36)32-19-7-5-6-18(15-19)27(34)31-13-12-17-8-10-23(39-3)24(14-17)40-4/h5-11,14-16,32H,12-13H2,1-4H3,(H,31,34). The molecule has 11 heteroatoms. The molecule has 0 aromatic heterocycles. The second kappa shape index (κ2) is 12.4. The summed E-state index contributed by atoms with van der Waals surface area (Å²) in [5, 5.41) is 5.48. The van der Waals surface area contributed by atoms with Crippen LogP contribution in [0.1, 0.15) is 15.9 Å². The third-order valence-corrected chi connectivity index (χ3v) is 6.55. The molecule has 2 N–H and O–H groups in total. The van der Waals surface area contributed by atoms with Crippen molar-refractivity contribution in [2.24, 2.45) is 0 Å². The van der Waals surface area contributed by atoms with Crippen LogP contribution in [0.2, 0.25) is 0 Å². The van der Waals surface area contributed by atoms with Gasteiger partial charge in [0.1, 0.15) is 22.2 Å². The molecule has 0 unspecified atom stereocenters. The van der Waals surface area contributed by atoms with Crippen molar-refractivity contribution >= 4 is 40.7 Å². The van der Waals surface area contributed by atoms with Crippen molar-refractivity contribution in [3.05, 3.63) is 82.5 Å². The molecule has 0 saturated heterocycles. The average molecular weight is 566 g/mol. The van der Waals surface area contributed by atoms with Crippen molar-refractivity contribution in [3.8, 4) is 23.0 Å². The van der Waals surface area contributed by atoms with Crippen molar-refractivity contribution in [3.63, 3.8) is 0 Å². The first kappa shape index (κ1) is 28.3. The number of hydrogen-bond donors (Lipinski definition) is 2. The Labute approximate surface area is 236 Å². The smallest absolute Gasteiger partial charge is 0.283 e. The van der Waals surface area contributed by atoms with E-state index in [0.717, 1.165) is 10.5 Å². The molecule has 10 nitrogen and oxygen atoms in total. The van der Waals surface area contributed by atoms with Crippen molar-refractivity contribution in [2.75, 3.05) is 45.2 Å². The zero-order valence-electron chi connectivity index (χ0n) is 22.4. The second-order valence-corrected chi connectivity index (χ2v) is 8.95. The Morgan fingerprint density at radius 3 is 2.25 bits per heavy atom. The molecule has 0 spiro atoms. The lowest BCUT2D eigenvalue weighted by molar-refractivity contribution is -0.120. The van der Waals surface area contributed by atoms with Crippen molar-refractivity contribution in [1.82, 2.24) is 5.32 Å². The Morgan fingerprint density at radius 2 is 1.55 bits per heavy atom. The van der Waals surface area contributed by atoms with E-state index in [-0.39, 0.29) is 22.3 Å². The average Bonchev–Trinajstić information content (AvgIpc) is 3.19. The Hall–Kier alpha value is -4.70. The molecule has 1 heterocycles. The van der Waals surface area contributed by atoms with Gasteiger partial charge in [-0.3, -0.25) is 14.4 Å². The van der Waals surface area contributed by atoms with Gasteiger partial charge in [-0.2, -0.15) is 0 Å². The summed E-state index contributed by atoms with van der Waals surface area (Å²) in [7, 11) is 6.03. The lowest BCUT2D eigenvalue weighted by Crippen LogP contribution is -2.32. The van der Waals surface area contributed by atoms with Crippen LogP contribution in [-0.4, -0.2) is 52.7 Å². The van der Waals surface area contributed by atoms with Crippen LogP contribution in [0.15, 0.2) is 71.4 Å². The summed E-state index contributed by atoms with van der Waals surface area (Å²) in [5.41, 5.74) is 1.80. The number of benzene rings is 3. The first-order valence-corrected chi connectivity index (χ1v) is 12.6. The van der Waals surface area contributed by atoms with Crippen LogP contribution >= 0.6 is 11.6 Å². The maximum atomic E-state index is 13.3. The van der Waals surface area contributed by atoms with E-state index < -0.39 is 11.8 Å². The molecule has 3 aromatic rings. The normalized spacial score (nSPS) is 12.9. The molecule has 0 saturated carbocycles. The molecule has 208 valence electrons. The molecule has 3 amide bonds. The molecule has 0 fully saturated rings. The number of carbonyl (C=O) groups excluding carboxylic acids is 3. The van der Waals surface area contributed by atoms with Gasteiger partial charge in [-0.1, -0.05) is 23.7 Å². The number of carbonyl (C=O) groups is 3. The van der Waals surface area contributed by atoms with Gasteiger partial charge in [0.05, 0.1) is 34.1 Å². The SMILES string of the molecule is COc1ccc(OC)c(N2C(=O)C(Cl)=C(Nc3cccc(C(=O)NCCc4ccc(OC)c(OC)c4)c3)C2=O)c1. The van der Waals surface area contributed by atoms with Crippen LogP contribution in [0.4, 0.5) is 11.4 Å². The number of amides is 3. The number of anilines is 2. The maximum absolute atomic E-state index is 13.3. The zero-order valence-corrected chi connectivity index (χ0v) is 23.1. The number of methoxy groups -OCH3 is 4. The molecular weight excluding hydrogens is 538 g/mol. The van der Waals surface area contributed by atoms with E-state index >= 15 is 0 Å². The highest BCUT2D eigenvalue weighted by atomic mass is 35.5. The summed E-state index contributed by atoms with van der Waals surface area (Å²) in [6.07, 6.45) is 0.576. The Balaban J connectivity index is 1.45. The number of nitrogens with one attached hydrogen (secondary N) is 2. The molecule has 3 aromatic carbocycles. The quantitative estimate of drug-likeness (QED) is 0.334. The third-order valence-electron chi connectivity index (χ3n) is 6.20. The number of ether oxygens (including phenoxy) is 4. The van der Waals surface area contributed by atoms with Gasteiger partial charge < -0.3 is 29.6 Å². The minimum Gasteiger partial charge on any atom is -0.497 e. The molecule has 1 aliphatic heterocycles. The topological polar surface area (TPSA) is 115 Å². The molecule has 0 bridgehead atoms. The predicted molar refractivity (Wildman–Crippen MR) is 151 cm³/mol. The Morgan fingerprint density at radius 1 is 0.825 bits per heavy atom. The second-order valence-electron chi connectivity index (χ2n) is 8.57. The number of nitrogens with zero attached hydrogens (tertiary/aromatic N) is 1. The summed E-state index contributed by atoms with van der Waals surface area (Å²) in [5.74, 6) is 0.264. The number of hydrogen-bond acceptors (Lipinski definition) is 8. The van der Waals surface area contributed by atoms with Crippen LogP contribution in [0.5, 0.6) is 23.0 Å². The molecule has 1 aliphatic rings. The summed E-state index contributed by atoms with van der Waals surface area (Å²) in [6.45, 7) is 0.382. The number of rotatable bonds is 11. The van der Waals surface area contributed by atoms with E-state index in [1.54, 1.807) is 50.6 Å². The van der Waals surface area contributed by atoms with Crippen LogP contribution in [-0.2, 0) is 16.0 Å². The van der Waals surface area contributed by atoms with Crippen molar-refractivity contribution in [1.29, 1.82) is 0 Å². The largest absolute Gasteiger partial charge is 0.497 e. The molecule has 0 atom stereocenters. The summed E-state index contributed by atoms with van der Waals surface area (Å²) in [4.78, 5) is 40.0. The summed E-state index contributed by atoms with van der Waals surface area (Å²) >= 11 is 6.29. The Kier molecular flexibility index (Phi) is 8.80. The Bertz CT molecular complexity index is 1490. The molecule has 0 radical (unpaired) electrons. The lowest BCUT2D eigenvalue weighted by Gasteiger charge is -2.19. The number of halogens is 1. The van der Waals surface area contributed by atoms with Gasteiger partial charge in [0, 0.05) is 23.9 Å². The highest BCUT2D eigenvalue weighted by Crippen LogP contribution is 2.38. The van der Waals surface area contributed by atoms with Gasteiger partial charge in [0.25, 0.3) is 17.7 Å². The minimum absolute atomic E-state index is 0.123. The molecule has 0 aliphatic carbocycles. The first-order valence-electron chi connectivity index (χ1n) is 12.2. The zero-order chi connectivity index (χ0) is 28.8. The van der Waals surface area contributed by atoms with Gasteiger partial charge in [-0.15, -0.1) is 0 Å². The first-order chi connectivity index (χ1) is 19.3. The van der Waals surface area contributed by atoms with E-state index in [1.807, 2.05) is 18.2 Å². The highest BCUT2D eigenvalue weighted by molar-refractivity contribution is 6.53. The minimum atomic E-state index is -0.718. The lowest BCUT2D eigenvalue weighted by atomic mass is 10.1. The molecule has 4 rings (SSSR count). The van der Waals surface area contributed by atoms with Gasteiger partial charge in [-0.25, -0.2) is 4.90 Å². The summed E-state index contributed by atoms with van der Waals surface area (Å²) in [6, 6.07) is 16.8. The van der Waals surface area contributed by atoms with Crippen molar-refractivity contribution < 1.29 is 33.3 Å². The number of imide groups is 1. The fourth-order valence-corrected chi connectivity index (χ4v) is 4.36. The van der Waals surface area contributed by atoms with Crippen LogP contribution < -0.4 is 34.5 Å². The van der Waals surface area contributed by atoms with E-state index in [1.165, 1.54) is 20.3 Å². The van der Waals surface area contributed by atoms with E-state index in [0.29, 0.717) is 47.2 Å². The van der Waals surface area contributed by atoms with Gasteiger partial charge in [0.2, 0.25) is 0 Å². The predicted octanol–water partition coefficient (Wildman–Crippen LogP) is 4.13.